The van der Waals surface area contributed by atoms with Crippen molar-refractivity contribution in [3.05, 3.63) is 60.2 Å². The molecule has 1 heterocycles. The van der Waals surface area contributed by atoms with Gasteiger partial charge in [-0.15, -0.1) is 0 Å². The Kier molecular flexibility index (Phi) is 4.83. The van der Waals surface area contributed by atoms with Crippen LogP contribution in [0.4, 0.5) is 11.4 Å². The van der Waals surface area contributed by atoms with Gasteiger partial charge in [0.1, 0.15) is 11.6 Å². The van der Waals surface area contributed by atoms with Gasteiger partial charge in [-0.2, -0.15) is 0 Å². The lowest BCUT2D eigenvalue weighted by Gasteiger charge is -2.42. The molecule has 3 rings (SSSR count). The molecule has 3 N–H and O–H groups in total. The maximum atomic E-state index is 13.3. The van der Waals surface area contributed by atoms with E-state index in [2.05, 4.69) is 24.4 Å². The summed E-state index contributed by atoms with van der Waals surface area (Å²) in [6.45, 7) is 7.54. The van der Waals surface area contributed by atoms with Gasteiger partial charge in [0, 0.05) is 5.56 Å². The number of amides is 2. The third kappa shape index (κ3) is 3.22. The first-order valence-electron chi connectivity index (χ1n) is 8.97. The third-order valence-corrected chi connectivity index (χ3v) is 5.02. The molecule has 0 fully saturated rings. The topological polar surface area (TPSA) is 66.0 Å². The van der Waals surface area contributed by atoms with Crippen LogP contribution in [-0.4, -0.2) is 23.4 Å². The number of nitrogens with one attached hydrogen (secondary N) is 1. The molecule has 1 aliphatic rings. The summed E-state index contributed by atoms with van der Waals surface area (Å²) >= 11 is 0. The molecule has 0 bridgehead atoms. The third-order valence-electron chi connectivity index (χ3n) is 5.02. The van der Waals surface area contributed by atoms with Gasteiger partial charge in [0.2, 0.25) is 5.91 Å². The summed E-state index contributed by atoms with van der Waals surface area (Å²) in [5, 5.41) is 4.94. The number of rotatable bonds is 4. The molecule has 26 heavy (non-hydrogen) atoms. The Morgan fingerprint density at radius 3 is 2.35 bits per heavy atom. The van der Waals surface area contributed by atoms with Crippen LogP contribution in [0.25, 0.3) is 0 Å². The van der Waals surface area contributed by atoms with Crippen LogP contribution in [0.3, 0.4) is 0 Å². The van der Waals surface area contributed by atoms with Crippen molar-refractivity contribution in [3.8, 4) is 0 Å². The summed E-state index contributed by atoms with van der Waals surface area (Å²) in [7, 11) is 0. The SMILES string of the molecule is C[C@H]([NH2+][C@@H](C)c1ccccc1)C(=O)N1c2ccccc2NC(=O)C1(C)C. The van der Waals surface area contributed by atoms with Crippen molar-refractivity contribution < 1.29 is 14.9 Å². The molecule has 2 aromatic carbocycles. The van der Waals surface area contributed by atoms with E-state index < -0.39 is 5.54 Å². The summed E-state index contributed by atoms with van der Waals surface area (Å²) in [4.78, 5) is 27.5. The number of anilines is 2. The highest BCUT2D eigenvalue weighted by atomic mass is 16.2. The predicted molar refractivity (Wildman–Crippen MR) is 103 cm³/mol. The van der Waals surface area contributed by atoms with Crippen LogP contribution in [0, 0.1) is 0 Å². The monoisotopic (exact) mass is 352 g/mol. The number of benzene rings is 2. The maximum absolute atomic E-state index is 13.3. The second-order valence-electron chi connectivity index (χ2n) is 7.38. The highest BCUT2D eigenvalue weighted by Crippen LogP contribution is 2.36. The molecule has 5 nitrogen and oxygen atoms in total. The summed E-state index contributed by atoms with van der Waals surface area (Å²) < 4.78 is 0. The molecule has 0 unspecified atom stereocenters. The van der Waals surface area contributed by atoms with Crippen LogP contribution < -0.4 is 15.5 Å². The molecule has 0 radical (unpaired) electrons. The molecular weight excluding hydrogens is 326 g/mol. The van der Waals surface area contributed by atoms with Crippen molar-refractivity contribution in [1.29, 1.82) is 0 Å². The van der Waals surface area contributed by atoms with E-state index >= 15 is 0 Å². The van der Waals surface area contributed by atoms with Gasteiger partial charge in [0.15, 0.2) is 6.04 Å². The molecule has 2 atom stereocenters. The largest absolute Gasteiger partial charge is 0.330 e. The number of nitrogens with two attached hydrogens (primary N) is 1. The summed E-state index contributed by atoms with van der Waals surface area (Å²) in [5.41, 5.74) is 1.65. The molecule has 2 aromatic rings. The van der Waals surface area contributed by atoms with Crippen molar-refractivity contribution in [2.75, 3.05) is 10.2 Å². The number of hydrogen-bond donors (Lipinski definition) is 2. The average Bonchev–Trinajstić information content (AvgIpc) is 2.62. The smallest absolute Gasteiger partial charge is 0.285 e. The minimum atomic E-state index is -0.941. The first kappa shape index (κ1) is 18.1. The van der Waals surface area contributed by atoms with E-state index in [1.54, 1.807) is 18.7 Å². The zero-order valence-electron chi connectivity index (χ0n) is 15.7. The van der Waals surface area contributed by atoms with Crippen LogP contribution in [0.2, 0.25) is 0 Å². The fourth-order valence-electron chi connectivity index (χ4n) is 3.43. The number of para-hydroxylation sites is 2. The Labute approximate surface area is 154 Å². The summed E-state index contributed by atoms with van der Waals surface area (Å²) in [6.07, 6.45) is 0. The minimum Gasteiger partial charge on any atom is -0.330 e. The summed E-state index contributed by atoms with van der Waals surface area (Å²) in [5.74, 6) is -0.243. The van der Waals surface area contributed by atoms with Gasteiger partial charge >= 0.3 is 0 Å². The van der Waals surface area contributed by atoms with Gasteiger partial charge in [-0.1, -0.05) is 42.5 Å². The van der Waals surface area contributed by atoms with E-state index in [0.29, 0.717) is 5.69 Å². The zero-order valence-corrected chi connectivity index (χ0v) is 15.7. The number of fused-ring (bicyclic) bond motifs is 1. The van der Waals surface area contributed by atoms with Crippen molar-refractivity contribution in [3.63, 3.8) is 0 Å². The normalized spacial score (nSPS) is 17.8. The number of carbonyl (C=O) groups is 2. The lowest BCUT2D eigenvalue weighted by atomic mass is 9.95. The summed E-state index contributed by atoms with van der Waals surface area (Å²) in [6, 6.07) is 17.4. The van der Waals surface area contributed by atoms with E-state index in [0.717, 1.165) is 5.69 Å². The first-order chi connectivity index (χ1) is 12.3. The van der Waals surface area contributed by atoms with Gasteiger partial charge < -0.3 is 10.6 Å². The van der Waals surface area contributed by atoms with E-state index in [9.17, 15) is 9.59 Å². The molecule has 2 amide bonds. The second-order valence-corrected chi connectivity index (χ2v) is 7.38. The number of hydrogen-bond acceptors (Lipinski definition) is 2. The molecule has 0 saturated heterocycles. The van der Waals surface area contributed by atoms with Crippen LogP contribution in [0.1, 0.15) is 39.3 Å². The van der Waals surface area contributed by atoms with Gasteiger partial charge in [-0.25, -0.2) is 0 Å². The Morgan fingerprint density at radius 2 is 1.65 bits per heavy atom. The Hall–Kier alpha value is -2.66. The number of carbonyl (C=O) groups excluding carboxylic acids is 2. The predicted octanol–water partition coefficient (Wildman–Crippen LogP) is 2.46. The van der Waals surface area contributed by atoms with Crippen molar-refractivity contribution in [1.82, 2.24) is 0 Å². The average molecular weight is 352 g/mol. The Morgan fingerprint density at radius 1 is 1.04 bits per heavy atom. The standard InChI is InChI=1S/C21H25N3O2/c1-14(16-10-6-5-7-11-16)22-15(2)19(25)24-18-13-9-8-12-17(18)23-20(26)21(24,3)4/h5-15,22H,1-4H3,(H,23,26)/p+1/t14-,15-/m0/s1. The molecule has 0 aliphatic carbocycles. The zero-order chi connectivity index (χ0) is 18.9. The van der Waals surface area contributed by atoms with Crippen molar-refractivity contribution in [2.45, 2.75) is 45.3 Å². The molecule has 1 aliphatic heterocycles. The van der Waals surface area contributed by atoms with Gasteiger partial charge in [0.05, 0.1) is 11.4 Å². The van der Waals surface area contributed by atoms with E-state index in [1.165, 1.54) is 5.56 Å². The fraction of sp³-hybridized carbons (Fsp3) is 0.333. The first-order valence-corrected chi connectivity index (χ1v) is 8.97. The lowest BCUT2D eigenvalue weighted by Crippen LogP contribution is -2.92. The van der Waals surface area contributed by atoms with Crippen molar-refractivity contribution in [2.24, 2.45) is 0 Å². The van der Waals surface area contributed by atoms with Crippen LogP contribution in [-0.2, 0) is 9.59 Å². The van der Waals surface area contributed by atoms with E-state index in [-0.39, 0.29) is 23.9 Å². The van der Waals surface area contributed by atoms with Crippen LogP contribution >= 0.6 is 0 Å². The Balaban J connectivity index is 1.86. The molecular formula is C21H26N3O2+. The van der Waals surface area contributed by atoms with Crippen molar-refractivity contribution >= 4 is 23.2 Å². The molecule has 0 aromatic heterocycles. The quantitative estimate of drug-likeness (QED) is 0.888. The lowest BCUT2D eigenvalue weighted by molar-refractivity contribution is -0.710. The number of nitrogens with zero attached hydrogens (tertiary/aromatic N) is 1. The highest BCUT2D eigenvalue weighted by molar-refractivity contribution is 6.14. The number of quaternary nitrogens is 1. The van der Waals surface area contributed by atoms with Gasteiger partial charge in [-0.05, 0) is 39.8 Å². The van der Waals surface area contributed by atoms with Crippen LogP contribution in [0.15, 0.2) is 54.6 Å². The van der Waals surface area contributed by atoms with Gasteiger partial charge in [0.25, 0.3) is 5.91 Å². The minimum absolute atomic E-state index is 0.0694. The highest BCUT2D eigenvalue weighted by Gasteiger charge is 2.45. The maximum Gasteiger partial charge on any atom is 0.285 e. The second kappa shape index (κ2) is 6.92. The van der Waals surface area contributed by atoms with E-state index in [1.807, 2.05) is 54.7 Å². The molecule has 136 valence electrons. The van der Waals surface area contributed by atoms with Gasteiger partial charge in [-0.3, -0.25) is 14.5 Å². The van der Waals surface area contributed by atoms with E-state index in [4.69, 9.17) is 0 Å². The molecule has 5 heteroatoms. The Bertz CT molecular complexity index is 817. The fourth-order valence-corrected chi connectivity index (χ4v) is 3.43. The van der Waals surface area contributed by atoms with Crippen LogP contribution in [0.5, 0.6) is 0 Å². The molecule has 0 spiro atoms. The molecule has 0 saturated carbocycles.